The summed E-state index contributed by atoms with van der Waals surface area (Å²) in [5.41, 5.74) is 0. The lowest BCUT2D eigenvalue weighted by Gasteiger charge is -2.35. The van der Waals surface area contributed by atoms with E-state index >= 15 is 0 Å². The molecule has 1 aliphatic rings. The second-order valence-corrected chi connectivity index (χ2v) is 9.18. The van der Waals surface area contributed by atoms with E-state index in [0.29, 0.717) is 48.6 Å². The second-order valence-electron chi connectivity index (χ2n) is 6.25. The number of piperazine rings is 1. The highest BCUT2D eigenvalue weighted by Gasteiger charge is 2.29. The molecule has 2 aromatic rings. The van der Waals surface area contributed by atoms with Crippen LogP contribution in [0.5, 0.6) is 11.6 Å². The molecule has 1 aromatic carbocycles. The first-order valence-corrected chi connectivity index (χ1v) is 10.2. The van der Waals surface area contributed by atoms with E-state index in [1.54, 1.807) is 48.5 Å². The quantitative estimate of drug-likeness (QED) is 0.773. The van der Waals surface area contributed by atoms with Gasteiger partial charge in [-0.25, -0.2) is 18.4 Å². The van der Waals surface area contributed by atoms with Gasteiger partial charge in [-0.1, -0.05) is 11.6 Å². The Kier molecular flexibility index (Phi) is 5.64. The summed E-state index contributed by atoms with van der Waals surface area (Å²) in [7, 11) is -3.22. The molecule has 1 aromatic heterocycles. The third-order valence-corrected chi connectivity index (χ3v) is 6.71. The van der Waals surface area contributed by atoms with Gasteiger partial charge in [0.1, 0.15) is 17.9 Å². The summed E-state index contributed by atoms with van der Waals surface area (Å²) >= 11 is 5.87. The van der Waals surface area contributed by atoms with Gasteiger partial charge in [0.05, 0.1) is 5.25 Å². The summed E-state index contributed by atoms with van der Waals surface area (Å²) in [6.07, 6.45) is 1.44. The van der Waals surface area contributed by atoms with Crippen molar-refractivity contribution in [2.24, 2.45) is 0 Å². The minimum Gasteiger partial charge on any atom is -0.439 e. The summed E-state index contributed by atoms with van der Waals surface area (Å²) in [4.78, 5) is 10.4. The van der Waals surface area contributed by atoms with Crippen LogP contribution in [0.15, 0.2) is 36.7 Å². The summed E-state index contributed by atoms with van der Waals surface area (Å²) in [6.45, 7) is 5.43. The van der Waals surface area contributed by atoms with Crippen LogP contribution in [-0.4, -0.2) is 54.1 Å². The minimum absolute atomic E-state index is 0.410. The number of sulfonamides is 1. The number of halogens is 1. The minimum atomic E-state index is -3.22. The van der Waals surface area contributed by atoms with Crippen molar-refractivity contribution in [2.45, 2.75) is 19.1 Å². The Morgan fingerprint density at radius 3 is 2.35 bits per heavy atom. The molecule has 0 spiro atoms. The van der Waals surface area contributed by atoms with Gasteiger partial charge in [0.25, 0.3) is 0 Å². The van der Waals surface area contributed by atoms with Gasteiger partial charge >= 0.3 is 0 Å². The maximum Gasteiger partial charge on any atom is 0.224 e. The number of aromatic nitrogens is 2. The summed E-state index contributed by atoms with van der Waals surface area (Å²) in [6, 6.07) is 8.77. The van der Waals surface area contributed by atoms with Gasteiger partial charge in [-0.2, -0.15) is 4.31 Å². The summed E-state index contributed by atoms with van der Waals surface area (Å²) < 4.78 is 31.8. The maximum absolute atomic E-state index is 12.3. The number of hydrogen-bond donors (Lipinski definition) is 0. The first kappa shape index (κ1) is 18.9. The first-order valence-electron chi connectivity index (χ1n) is 8.35. The average Bonchev–Trinajstić information content (AvgIpc) is 2.64. The van der Waals surface area contributed by atoms with Gasteiger partial charge in [-0.15, -0.1) is 0 Å². The van der Waals surface area contributed by atoms with Crippen molar-refractivity contribution >= 4 is 27.4 Å². The van der Waals surface area contributed by atoms with Gasteiger partial charge in [0.2, 0.25) is 15.9 Å². The highest BCUT2D eigenvalue weighted by molar-refractivity contribution is 7.89. The zero-order chi connectivity index (χ0) is 18.7. The van der Waals surface area contributed by atoms with Crippen LogP contribution in [-0.2, 0) is 10.0 Å². The second kappa shape index (κ2) is 7.77. The average molecular weight is 397 g/mol. The van der Waals surface area contributed by atoms with Gasteiger partial charge in [0.15, 0.2) is 0 Å². The Hall–Kier alpha value is -1.90. The maximum atomic E-state index is 12.3. The number of rotatable bonds is 5. The van der Waals surface area contributed by atoms with Crippen LogP contribution in [0.4, 0.5) is 5.82 Å². The number of ether oxygens (including phenoxy) is 1. The van der Waals surface area contributed by atoms with Crippen LogP contribution in [0.3, 0.4) is 0 Å². The predicted octanol–water partition coefficient (Wildman–Crippen LogP) is 2.78. The molecule has 3 rings (SSSR count). The number of hydrogen-bond acceptors (Lipinski definition) is 6. The van der Waals surface area contributed by atoms with Gasteiger partial charge in [-0.3, -0.25) is 0 Å². The Labute approximate surface area is 158 Å². The third-order valence-electron chi connectivity index (χ3n) is 4.18. The van der Waals surface area contributed by atoms with E-state index in [-0.39, 0.29) is 0 Å². The topological polar surface area (TPSA) is 75.6 Å². The molecule has 140 valence electrons. The molecule has 2 heterocycles. The highest BCUT2D eigenvalue weighted by atomic mass is 35.5. The van der Waals surface area contributed by atoms with Crippen molar-refractivity contribution in [3.8, 4) is 11.6 Å². The molecule has 0 amide bonds. The van der Waals surface area contributed by atoms with Crippen LogP contribution in [0.25, 0.3) is 0 Å². The molecule has 1 saturated heterocycles. The van der Waals surface area contributed by atoms with Crippen molar-refractivity contribution in [3.05, 3.63) is 41.7 Å². The third kappa shape index (κ3) is 4.25. The van der Waals surface area contributed by atoms with E-state index in [9.17, 15) is 8.42 Å². The molecule has 26 heavy (non-hydrogen) atoms. The number of nitrogens with zero attached hydrogens (tertiary/aromatic N) is 4. The zero-order valence-electron chi connectivity index (χ0n) is 14.7. The molecular formula is C17H21ClN4O3S. The molecule has 1 fully saturated rings. The molecule has 0 N–H and O–H groups in total. The van der Waals surface area contributed by atoms with Crippen LogP contribution in [0, 0.1) is 0 Å². The molecule has 0 unspecified atom stereocenters. The predicted molar refractivity (Wildman–Crippen MR) is 101 cm³/mol. The van der Waals surface area contributed by atoms with E-state index in [1.807, 2.05) is 4.90 Å². The zero-order valence-corrected chi connectivity index (χ0v) is 16.2. The van der Waals surface area contributed by atoms with Crippen LogP contribution in [0.1, 0.15) is 13.8 Å². The molecule has 0 bridgehead atoms. The molecule has 9 heteroatoms. The number of benzene rings is 1. The van der Waals surface area contributed by atoms with Gasteiger partial charge in [0, 0.05) is 37.3 Å². The molecule has 0 saturated carbocycles. The lowest BCUT2D eigenvalue weighted by molar-refractivity contribution is 0.379. The van der Waals surface area contributed by atoms with Crippen molar-refractivity contribution < 1.29 is 13.2 Å². The van der Waals surface area contributed by atoms with E-state index in [0.717, 1.165) is 0 Å². The van der Waals surface area contributed by atoms with Crippen molar-refractivity contribution in [2.75, 3.05) is 31.1 Å². The molecular weight excluding hydrogens is 376 g/mol. The lowest BCUT2D eigenvalue weighted by Crippen LogP contribution is -2.50. The fourth-order valence-corrected chi connectivity index (χ4v) is 4.05. The van der Waals surface area contributed by atoms with Crippen LogP contribution < -0.4 is 9.64 Å². The molecule has 0 radical (unpaired) electrons. The van der Waals surface area contributed by atoms with Gasteiger partial charge in [-0.05, 0) is 38.1 Å². The van der Waals surface area contributed by atoms with Gasteiger partial charge < -0.3 is 9.64 Å². The number of anilines is 1. The van der Waals surface area contributed by atoms with Crippen molar-refractivity contribution in [3.63, 3.8) is 0 Å². The van der Waals surface area contributed by atoms with E-state index < -0.39 is 15.3 Å². The molecule has 0 aliphatic carbocycles. The standard InChI is InChI=1S/C17H21ClN4O3S/c1-13(2)26(23,24)22-9-7-21(8-10-22)16-11-17(20-12-19-16)25-15-5-3-14(18)4-6-15/h3-6,11-13H,7-10H2,1-2H3. The molecule has 0 atom stereocenters. The molecule has 1 aliphatic heterocycles. The SMILES string of the molecule is CC(C)S(=O)(=O)N1CCN(c2cc(Oc3ccc(Cl)cc3)ncn2)CC1. The van der Waals surface area contributed by atoms with Crippen LogP contribution in [0.2, 0.25) is 5.02 Å². The monoisotopic (exact) mass is 396 g/mol. The lowest BCUT2D eigenvalue weighted by atomic mass is 10.3. The van der Waals surface area contributed by atoms with Crippen LogP contribution >= 0.6 is 11.6 Å². The van der Waals surface area contributed by atoms with Crippen molar-refractivity contribution in [1.82, 2.24) is 14.3 Å². The highest BCUT2D eigenvalue weighted by Crippen LogP contribution is 2.24. The fraction of sp³-hybridized carbons (Fsp3) is 0.412. The Bertz CT molecular complexity index is 851. The Balaban J connectivity index is 1.67. The Morgan fingerprint density at radius 1 is 1.08 bits per heavy atom. The van der Waals surface area contributed by atoms with E-state index in [1.165, 1.54) is 6.33 Å². The first-order chi connectivity index (χ1) is 12.4. The molecule has 7 nitrogen and oxygen atoms in total. The smallest absolute Gasteiger partial charge is 0.224 e. The Morgan fingerprint density at radius 2 is 1.73 bits per heavy atom. The van der Waals surface area contributed by atoms with E-state index in [2.05, 4.69) is 9.97 Å². The summed E-state index contributed by atoms with van der Waals surface area (Å²) in [5.74, 6) is 1.77. The van der Waals surface area contributed by atoms with Crippen molar-refractivity contribution in [1.29, 1.82) is 0 Å². The fourth-order valence-electron chi connectivity index (χ4n) is 2.65. The van der Waals surface area contributed by atoms with E-state index in [4.69, 9.17) is 16.3 Å². The summed E-state index contributed by atoms with van der Waals surface area (Å²) in [5, 5.41) is 0.224. The largest absolute Gasteiger partial charge is 0.439 e. The normalized spacial score (nSPS) is 16.1.